The zero-order valence-electron chi connectivity index (χ0n) is 12.0. The fourth-order valence-corrected chi connectivity index (χ4v) is 2.92. The first-order chi connectivity index (χ1) is 8.66. The molecule has 1 aliphatic rings. The first-order valence-electron chi connectivity index (χ1n) is 7.18. The molecule has 18 heavy (non-hydrogen) atoms. The molecule has 0 unspecified atom stereocenters. The quantitative estimate of drug-likeness (QED) is 0.858. The monoisotopic (exact) mass is 246 g/mol. The molecule has 2 heteroatoms. The van der Waals surface area contributed by atoms with Crippen molar-refractivity contribution in [2.24, 2.45) is 0 Å². The van der Waals surface area contributed by atoms with E-state index in [1.54, 1.807) is 0 Å². The summed E-state index contributed by atoms with van der Waals surface area (Å²) in [6, 6.07) is 7.47. The maximum absolute atomic E-state index is 3.67. The average Bonchev–Trinajstić information content (AvgIpc) is 2.81. The van der Waals surface area contributed by atoms with Crippen LogP contribution in [-0.2, 0) is 0 Å². The minimum Gasteiger partial charge on any atom is -0.373 e. The largest absolute Gasteiger partial charge is 0.373 e. The highest BCUT2D eigenvalue weighted by atomic mass is 15.1. The van der Waals surface area contributed by atoms with E-state index in [1.807, 2.05) is 0 Å². The van der Waals surface area contributed by atoms with Gasteiger partial charge in [-0.2, -0.15) is 0 Å². The lowest BCUT2D eigenvalue weighted by Crippen LogP contribution is -2.34. The molecule has 1 aliphatic carbocycles. The molecule has 2 nitrogen and oxygen atoms in total. The SMILES string of the molecule is Cc1ccc(N(C)CCNC2CCCC2)c(C)c1. The number of nitrogens with one attached hydrogen (secondary N) is 1. The van der Waals surface area contributed by atoms with E-state index in [4.69, 9.17) is 0 Å². The summed E-state index contributed by atoms with van der Waals surface area (Å²) < 4.78 is 0. The van der Waals surface area contributed by atoms with Crippen LogP contribution in [0.4, 0.5) is 5.69 Å². The van der Waals surface area contributed by atoms with Crippen LogP contribution >= 0.6 is 0 Å². The van der Waals surface area contributed by atoms with Crippen LogP contribution in [-0.4, -0.2) is 26.2 Å². The van der Waals surface area contributed by atoms with Crippen LogP contribution in [0, 0.1) is 13.8 Å². The standard InChI is InChI=1S/C16H26N2/c1-13-8-9-16(14(2)12-13)18(3)11-10-17-15-6-4-5-7-15/h8-9,12,15,17H,4-7,10-11H2,1-3H3. The van der Waals surface area contributed by atoms with Crippen molar-refractivity contribution in [3.8, 4) is 0 Å². The van der Waals surface area contributed by atoms with Gasteiger partial charge in [0.25, 0.3) is 0 Å². The molecule has 0 spiro atoms. The fourth-order valence-electron chi connectivity index (χ4n) is 2.92. The Kier molecular flexibility index (Phi) is 4.65. The van der Waals surface area contributed by atoms with Crippen molar-refractivity contribution < 1.29 is 0 Å². The van der Waals surface area contributed by atoms with Crippen LogP contribution in [0.25, 0.3) is 0 Å². The number of benzene rings is 1. The van der Waals surface area contributed by atoms with Gasteiger partial charge in [0.05, 0.1) is 0 Å². The summed E-state index contributed by atoms with van der Waals surface area (Å²) in [6.07, 6.45) is 5.55. The predicted octanol–water partition coefficient (Wildman–Crippen LogP) is 3.27. The van der Waals surface area contributed by atoms with Crippen molar-refractivity contribution >= 4 is 5.69 Å². The van der Waals surface area contributed by atoms with Crippen molar-refractivity contribution in [2.75, 3.05) is 25.0 Å². The third-order valence-electron chi connectivity index (χ3n) is 4.00. The first-order valence-corrected chi connectivity index (χ1v) is 7.18. The van der Waals surface area contributed by atoms with E-state index in [2.05, 4.69) is 49.3 Å². The van der Waals surface area contributed by atoms with Gasteiger partial charge >= 0.3 is 0 Å². The summed E-state index contributed by atoms with van der Waals surface area (Å²) in [4.78, 5) is 2.36. The number of anilines is 1. The molecule has 100 valence electrons. The minimum absolute atomic E-state index is 0.775. The average molecular weight is 246 g/mol. The maximum atomic E-state index is 3.67. The van der Waals surface area contributed by atoms with Gasteiger partial charge in [-0.05, 0) is 38.3 Å². The Morgan fingerprint density at radius 1 is 1.22 bits per heavy atom. The van der Waals surface area contributed by atoms with Gasteiger partial charge in [0.2, 0.25) is 0 Å². The summed E-state index contributed by atoms with van der Waals surface area (Å²) in [5.41, 5.74) is 4.07. The highest BCUT2D eigenvalue weighted by Crippen LogP contribution is 2.20. The van der Waals surface area contributed by atoms with Gasteiger partial charge in [-0.3, -0.25) is 0 Å². The van der Waals surface area contributed by atoms with E-state index in [1.165, 1.54) is 42.5 Å². The van der Waals surface area contributed by atoms with Crippen LogP contribution < -0.4 is 10.2 Å². The number of hydrogen-bond acceptors (Lipinski definition) is 2. The molecular weight excluding hydrogens is 220 g/mol. The summed E-state index contributed by atoms with van der Waals surface area (Å²) in [5, 5.41) is 3.67. The molecular formula is C16H26N2. The minimum atomic E-state index is 0.775. The lowest BCUT2D eigenvalue weighted by molar-refractivity contribution is 0.528. The molecule has 1 saturated carbocycles. The van der Waals surface area contributed by atoms with Crippen molar-refractivity contribution in [1.29, 1.82) is 0 Å². The third-order valence-corrected chi connectivity index (χ3v) is 4.00. The maximum Gasteiger partial charge on any atom is 0.0393 e. The lowest BCUT2D eigenvalue weighted by atomic mass is 10.1. The fraction of sp³-hybridized carbons (Fsp3) is 0.625. The van der Waals surface area contributed by atoms with Crippen molar-refractivity contribution in [2.45, 2.75) is 45.6 Å². The van der Waals surface area contributed by atoms with Gasteiger partial charge in [-0.25, -0.2) is 0 Å². The molecule has 0 saturated heterocycles. The highest BCUT2D eigenvalue weighted by molar-refractivity contribution is 5.53. The summed E-state index contributed by atoms with van der Waals surface area (Å²) in [7, 11) is 2.19. The topological polar surface area (TPSA) is 15.3 Å². The van der Waals surface area contributed by atoms with E-state index in [9.17, 15) is 0 Å². The Bertz CT molecular complexity index is 381. The zero-order chi connectivity index (χ0) is 13.0. The van der Waals surface area contributed by atoms with Gasteiger partial charge < -0.3 is 10.2 Å². The van der Waals surface area contributed by atoms with Crippen molar-refractivity contribution in [3.63, 3.8) is 0 Å². The van der Waals surface area contributed by atoms with E-state index >= 15 is 0 Å². The molecule has 1 N–H and O–H groups in total. The smallest absolute Gasteiger partial charge is 0.0393 e. The molecule has 0 atom stereocenters. The molecule has 2 rings (SSSR count). The van der Waals surface area contributed by atoms with Gasteiger partial charge in [0.15, 0.2) is 0 Å². The number of rotatable bonds is 5. The first kappa shape index (κ1) is 13.4. The number of aryl methyl sites for hydroxylation is 2. The molecule has 1 aromatic rings. The van der Waals surface area contributed by atoms with Gasteiger partial charge in [-0.15, -0.1) is 0 Å². The third kappa shape index (κ3) is 3.49. The Hall–Kier alpha value is -1.02. The lowest BCUT2D eigenvalue weighted by Gasteiger charge is -2.23. The number of nitrogens with zero attached hydrogens (tertiary/aromatic N) is 1. The van der Waals surface area contributed by atoms with Gasteiger partial charge in [-0.1, -0.05) is 30.5 Å². The zero-order valence-corrected chi connectivity index (χ0v) is 12.0. The second-order valence-electron chi connectivity index (χ2n) is 5.65. The molecule has 0 bridgehead atoms. The Morgan fingerprint density at radius 2 is 1.94 bits per heavy atom. The Morgan fingerprint density at radius 3 is 2.61 bits per heavy atom. The van der Waals surface area contributed by atoms with Crippen molar-refractivity contribution in [1.82, 2.24) is 5.32 Å². The molecule has 1 fully saturated rings. The summed E-state index contributed by atoms with van der Waals surface area (Å²) in [6.45, 7) is 6.52. The van der Waals surface area contributed by atoms with Crippen LogP contribution in [0.3, 0.4) is 0 Å². The van der Waals surface area contributed by atoms with E-state index in [-0.39, 0.29) is 0 Å². The van der Waals surface area contributed by atoms with Crippen LogP contribution in [0.2, 0.25) is 0 Å². The molecule has 0 amide bonds. The summed E-state index contributed by atoms with van der Waals surface area (Å²) in [5.74, 6) is 0. The van der Waals surface area contributed by atoms with Crippen LogP contribution in [0.5, 0.6) is 0 Å². The molecule has 0 aliphatic heterocycles. The van der Waals surface area contributed by atoms with E-state index in [0.29, 0.717) is 0 Å². The highest BCUT2D eigenvalue weighted by Gasteiger charge is 2.13. The normalized spacial score (nSPS) is 16.2. The van der Waals surface area contributed by atoms with Gasteiger partial charge in [0, 0.05) is 31.9 Å². The molecule has 1 aromatic carbocycles. The van der Waals surface area contributed by atoms with Gasteiger partial charge in [0.1, 0.15) is 0 Å². The van der Waals surface area contributed by atoms with Crippen LogP contribution in [0.1, 0.15) is 36.8 Å². The molecule has 0 aromatic heterocycles. The van der Waals surface area contributed by atoms with E-state index in [0.717, 1.165) is 19.1 Å². The predicted molar refractivity (Wildman–Crippen MR) is 79.4 cm³/mol. The Balaban J connectivity index is 1.81. The number of hydrogen-bond donors (Lipinski definition) is 1. The second kappa shape index (κ2) is 6.24. The molecule has 0 heterocycles. The van der Waals surface area contributed by atoms with E-state index < -0.39 is 0 Å². The number of likely N-dealkylation sites (N-methyl/N-ethyl adjacent to an activating group) is 1. The molecule has 0 radical (unpaired) electrons. The summed E-state index contributed by atoms with van der Waals surface area (Å²) >= 11 is 0. The van der Waals surface area contributed by atoms with Crippen LogP contribution in [0.15, 0.2) is 18.2 Å². The second-order valence-corrected chi connectivity index (χ2v) is 5.65. The Labute approximate surface area is 111 Å². The van der Waals surface area contributed by atoms with Crippen molar-refractivity contribution in [3.05, 3.63) is 29.3 Å².